The number of hydrogen-bond acceptors (Lipinski definition) is 4. The Morgan fingerprint density at radius 1 is 1.08 bits per heavy atom. The van der Waals surface area contributed by atoms with E-state index in [1.54, 1.807) is 0 Å². The van der Waals surface area contributed by atoms with E-state index < -0.39 is 6.10 Å². The van der Waals surface area contributed by atoms with Crippen LogP contribution in [0.3, 0.4) is 0 Å². The van der Waals surface area contributed by atoms with Gasteiger partial charge in [-0.3, -0.25) is 4.79 Å². The average Bonchev–Trinajstić information content (AvgIpc) is 3.30. The summed E-state index contributed by atoms with van der Waals surface area (Å²) in [5.74, 6) is 6.93. The molecule has 0 aromatic heterocycles. The van der Waals surface area contributed by atoms with Crippen molar-refractivity contribution in [3.8, 4) is 0 Å². The van der Waals surface area contributed by atoms with Crippen molar-refractivity contribution in [2.75, 3.05) is 6.61 Å². The smallest absolute Gasteiger partial charge is 0.347 e. The quantitative estimate of drug-likeness (QED) is 0.589. The van der Waals surface area contributed by atoms with Crippen LogP contribution < -0.4 is 0 Å². The number of esters is 2. The highest BCUT2D eigenvalue weighted by Crippen LogP contribution is 2.71. The Labute approximate surface area is 143 Å². The Hall–Kier alpha value is -1.06. The van der Waals surface area contributed by atoms with Crippen LogP contribution in [-0.4, -0.2) is 24.6 Å². The van der Waals surface area contributed by atoms with Crippen LogP contribution in [0.25, 0.3) is 0 Å². The molecule has 0 N–H and O–H groups in total. The summed E-state index contributed by atoms with van der Waals surface area (Å²) in [5.41, 5.74) is 0. The van der Waals surface area contributed by atoms with Crippen LogP contribution in [0.15, 0.2) is 0 Å². The summed E-state index contributed by atoms with van der Waals surface area (Å²) >= 11 is 0. The maximum absolute atomic E-state index is 12.3. The number of carbonyl (C=O) groups is 2. The number of cyclic esters (lactones) is 1. The molecular weight excluding hydrogens is 304 g/mol. The van der Waals surface area contributed by atoms with Crippen molar-refractivity contribution in [3.05, 3.63) is 0 Å². The molecule has 0 amide bonds. The van der Waals surface area contributed by atoms with E-state index in [2.05, 4.69) is 13.8 Å². The molecule has 132 valence electrons. The van der Waals surface area contributed by atoms with E-state index in [4.69, 9.17) is 9.47 Å². The first kappa shape index (κ1) is 15.2. The third kappa shape index (κ3) is 1.97. The van der Waals surface area contributed by atoms with Crippen LogP contribution in [0.4, 0.5) is 0 Å². The molecule has 10 unspecified atom stereocenters. The van der Waals surface area contributed by atoms with Gasteiger partial charge in [-0.2, -0.15) is 0 Å². The molecule has 0 spiro atoms. The second-order valence-corrected chi connectivity index (χ2v) is 9.23. The lowest BCUT2D eigenvalue weighted by Crippen LogP contribution is -2.39. The minimum atomic E-state index is -0.646. The van der Waals surface area contributed by atoms with E-state index >= 15 is 0 Å². The normalized spacial score (nSPS) is 54.2. The zero-order valence-corrected chi connectivity index (χ0v) is 14.6. The second-order valence-electron chi connectivity index (χ2n) is 9.23. The van der Waals surface area contributed by atoms with Gasteiger partial charge in [0.05, 0.1) is 6.61 Å². The number of rotatable bonds is 3. The Morgan fingerprint density at radius 2 is 1.83 bits per heavy atom. The van der Waals surface area contributed by atoms with Crippen LogP contribution >= 0.6 is 0 Å². The van der Waals surface area contributed by atoms with Crippen molar-refractivity contribution < 1.29 is 19.1 Å². The van der Waals surface area contributed by atoms with Gasteiger partial charge in [0.25, 0.3) is 0 Å². The summed E-state index contributed by atoms with van der Waals surface area (Å²) in [6.07, 6.45) is 4.37. The molecule has 4 nitrogen and oxygen atoms in total. The van der Waals surface area contributed by atoms with E-state index in [0.29, 0.717) is 25.4 Å². The summed E-state index contributed by atoms with van der Waals surface area (Å²) in [7, 11) is 0. The summed E-state index contributed by atoms with van der Waals surface area (Å²) in [4.78, 5) is 23.8. The van der Waals surface area contributed by atoms with Crippen LogP contribution in [0, 0.1) is 53.3 Å². The summed E-state index contributed by atoms with van der Waals surface area (Å²) < 4.78 is 10.3. The fraction of sp³-hybridized carbons (Fsp3) is 0.900. The Balaban J connectivity index is 1.25. The fourth-order valence-electron chi connectivity index (χ4n) is 7.60. The van der Waals surface area contributed by atoms with Gasteiger partial charge in [-0.15, -0.1) is 0 Å². The van der Waals surface area contributed by atoms with Crippen LogP contribution in [0.5, 0.6) is 0 Å². The summed E-state index contributed by atoms with van der Waals surface area (Å²) in [5, 5.41) is 0. The molecule has 1 saturated heterocycles. The van der Waals surface area contributed by atoms with Gasteiger partial charge in [-0.05, 0) is 72.5 Å². The highest BCUT2D eigenvalue weighted by Gasteiger charge is 2.65. The standard InChI is InChI=1S/C20H28O4/c1-9-10(2)14-8-13(9)18-12-5-11(15(6-12)19(14)18)7-17(21)24-16-3-4-23-20(16)22/h9-16,18-19H,3-8H2,1-2H3. The first-order valence-corrected chi connectivity index (χ1v) is 9.90. The van der Waals surface area contributed by atoms with Gasteiger partial charge in [0.15, 0.2) is 0 Å². The van der Waals surface area contributed by atoms with Crippen molar-refractivity contribution in [2.45, 2.75) is 52.1 Å². The zero-order chi connectivity index (χ0) is 16.6. The highest BCUT2D eigenvalue weighted by atomic mass is 16.6. The number of carbonyl (C=O) groups excluding carboxylic acids is 2. The van der Waals surface area contributed by atoms with Crippen LogP contribution in [0.2, 0.25) is 0 Å². The Morgan fingerprint density at radius 3 is 2.54 bits per heavy atom. The number of ether oxygens (including phenoxy) is 2. The molecule has 24 heavy (non-hydrogen) atoms. The molecule has 5 aliphatic rings. The molecule has 1 heterocycles. The minimum absolute atomic E-state index is 0.183. The van der Waals surface area contributed by atoms with Gasteiger partial charge in [-0.25, -0.2) is 4.79 Å². The number of fused-ring (bicyclic) bond motifs is 9. The van der Waals surface area contributed by atoms with Gasteiger partial charge >= 0.3 is 11.9 Å². The molecule has 0 aromatic carbocycles. The van der Waals surface area contributed by atoms with E-state index in [9.17, 15) is 9.59 Å². The van der Waals surface area contributed by atoms with Gasteiger partial charge < -0.3 is 9.47 Å². The second kappa shape index (κ2) is 5.22. The highest BCUT2D eigenvalue weighted by molar-refractivity contribution is 5.80. The molecule has 4 aliphatic carbocycles. The monoisotopic (exact) mass is 332 g/mol. The van der Waals surface area contributed by atoms with Crippen molar-refractivity contribution in [2.24, 2.45) is 53.3 Å². The topological polar surface area (TPSA) is 52.6 Å². The zero-order valence-electron chi connectivity index (χ0n) is 14.6. The van der Waals surface area contributed by atoms with E-state index in [-0.39, 0.29) is 11.9 Å². The van der Waals surface area contributed by atoms with Gasteiger partial charge in [-0.1, -0.05) is 13.8 Å². The molecule has 4 bridgehead atoms. The molecule has 0 radical (unpaired) electrons. The lowest BCUT2D eigenvalue weighted by Gasteiger charge is -2.43. The van der Waals surface area contributed by atoms with Gasteiger partial charge in [0.2, 0.25) is 6.10 Å². The summed E-state index contributed by atoms with van der Waals surface area (Å²) in [6.45, 7) is 5.30. The first-order valence-electron chi connectivity index (χ1n) is 9.90. The van der Waals surface area contributed by atoms with Crippen molar-refractivity contribution in [1.29, 1.82) is 0 Å². The molecule has 0 aromatic rings. The maximum Gasteiger partial charge on any atom is 0.347 e. The fourth-order valence-corrected chi connectivity index (χ4v) is 7.60. The Kier molecular flexibility index (Phi) is 3.31. The van der Waals surface area contributed by atoms with E-state index in [1.165, 1.54) is 19.3 Å². The SMILES string of the molecule is CC1C(C)C2CC1C1C3CC(CC(=O)OC4CCOC4=O)C(C3)C21. The predicted molar refractivity (Wildman–Crippen MR) is 86.7 cm³/mol. The first-order chi connectivity index (χ1) is 11.5. The van der Waals surface area contributed by atoms with Gasteiger partial charge in [0.1, 0.15) is 0 Å². The van der Waals surface area contributed by atoms with Crippen molar-refractivity contribution >= 4 is 11.9 Å². The molecule has 10 atom stereocenters. The van der Waals surface area contributed by atoms with Crippen molar-refractivity contribution in [3.63, 3.8) is 0 Å². The maximum atomic E-state index is 12.3. The Bertz CT molecular complexity index is 572. The summed E-state index contributed by atoms with van der Waals surface area (Å²) in [6, 6.07) is 0. The molecule has 5 fully saturated rings. The minimum Gasteiger partial charge on any atom is -0.463 e. The van der Waals surface area contributed by atoms with Crippen molar-refractivity contribution in [1.82, 2.24) is 0 Å². The molecule has 4 heteroatoms. The molecule has 5 rings (SSSR count). The lowest BCUT2D eigenvalue weighted by molar-refractivity contribution is -0.161. The van der Waals surface area contributed by atoms with E-state index in [0.717, 1.165) is 47.3 Å². The third-order valence-corrected chi connectivity index (χ3v) is 8.57. The van der Waals surface area contributed by atoms with Crippen LogP contribution in [-0.2, 0) is 19.1 Å². The predicted octanol–water partition coefficient (Wildman–Crippen LogP) is 3.05. The molecule has 4 saturated carbocycles. The van der Waals surface area contributed by atoms with Crippen LogP contribution in [0.1, 0.15) is 46.0 Å². The number of hydrogen-bond donors (Lipinski definition) is 0. The molecule has 1 aliphatic heterocycles. The largest absolute Gasteiger partial charge is 0.463 e. The van der Waals surface area contributed by atoms with Gasteiger partial charge in [0, 0.05) is 12.8 Å². The average molecular weight is 332 g/mol. The molecular formula is C20H28O4. The lowest BCUT2D eigenvalue weighted by atomic mass is 9.62. The van der Waals surface area contributed by atoms with E-state index in [1.807, 2.05) is 0 Å². The third-order valence-electron chi connectivity index (χ3n) is 8.57.